The van der Waals surface area contributed by atoms with Crippen molar-refractivity contribution in [3.05, 3.63) is 48.0 Å². The lowest BCUT2D eigenvalue weighted by atomic mass is 10.0. The minimum Gasteiger partial charge on any atom is -0.381 e. The fourth-order valence-corrected chi connectivity index (χ4v) is 7.35. The molecule has 1 amide bonds. The zero-order valence-electron chi connectivity index (χ0n) is 20.4. The summed E-state index contributed by atoms with van der Waals surface area (Å²) in [5, 5.41) is 10.5. The second-order valence-corrected chi connectivity index (χ2v) is 13.9. The summed E-state index contributed by atoms with van der Waals surface area (Å²) in [6.45, 7) is 0. The number of nitrogens with zero attached hydrogens (tertiary/aromatic N) is 1. The lowest BCUT2D eigenvalue weighted by Gasteiger charge is -2.19. The molecule has 38 heavy (non-hydrogen) atoms. The summed E-state index contributed by atoms with van der Waals surface area (Å²) in [6.07, 6.45) is -4.33. The highest BCUT2D eigenvalue weighted by molar-refractivity contribution is 7.92. The second-order valence-electron chi connectivity index (χ2n) is 9.71. The van der Waals surface area contributed by atoms with Crippen LogP contribution in [0.3, 0.4) is 0 Å². The van der Waals surface area contributed by atoms with Crippen LogP contribution in [-0.4, -0.2) is 53.0 Å². The number of amides is 1. The van der Waals surface area contributed by atoms with Gasteiger partial charge in [0.25, 0.3) is 0 Å². The molecule has 2 saturated carbocycles. The highest BCUT2D eigenvalue weighted by Gasteiger charge is 2.51. The minimum atomic E-state index is -5.01. The van der Waals surface area contributed by atoms with E-state index in [1.165, 1.54) is 37.4 Å². The summed E-state index contributed by atoms with van der Waals surface area (Å²) in [7, 11) is -6.76. The predicted octanol–water partition coefficient (Wildman–Crippen LogP) is 3.52. The number of ether oxygens (including phenoxy) is 1. The first-order chi connectivity index (χ1) is 17.6. The van der Waals surface area contributed by atoms with E-state index in [2.05, 4.69) is 5.32 Å². The second kappa shape index (κ2) is 9.66. The van der Waals surface area contributed by atoms with Crippen LogP contribution in [0.15, 0.2) is 52.3 Å². The molecule has 2 aliphatic carbocycles. The molecule has 3 atom stereocenters. The monoisotopic (exact) mass is 570 g/mol. The molecule has 2 aromatic carbocycles. The van der Waals surface area contributed by atoms with Gasteiger partial charge in [-0.2, -0.15) is 18.4 Å². The van der Waals surface area contributed by atoms with Crippen LogP contribution in [0.5, 0.6) is 0 Å². The number of carbonyl (C=O) groups is 1. The van der Waals surface area contributed by atoms with E-state index >= 15 is 0 Å². The molecule has 0 bridgehead atoms. The first-order valence-corrected chi connectivity index (χ1v) is 15.1. The van der Waals surface area contributed by atoms with Crippen LogP contribution < -0.4 is 5.32 Å². The first-order valence-electron chi connectivity index (χ1n) is 11.6. The van der Waals surface area contributed by atoms with Crippen LogP contribution in [0.25, 0.3) is 11.1 Å². The maximum Gasteiger partial charge on any atom is 0.417 e. The van der Waals surface area contributed by atoms with Crippen molar-refractivity contribution >= 4 is 25.6 Å². The average molecular weight is 571 g/mol. The van der Waals surface area contributed by atoms with Gasteiger partial charge in [0.1, 0.15) is 5.54 Å². The Balaban J connectivity index is 1.66. The van der Waals surface area contributed by atoms with Gasteiger partial charge in [0, 0.05) is 13.4 Å². The van der Waals surface area contributed by atoms with Gasteiger partial charge < -0.3 is 10.1 Å². The van der Waals surface area contributed by atoms with Crippen LogP contribution in [0.1, 0.15) is 31.2 Å². The van der Waals surface area contributed by atoms with Gasteiger partial charge in [-0.15, -0.1) is 0 Å². The standard InChI is InChI=1S/C25H25F3N2O6S2/c1-36-21-13-18(12-19(21)23(31)30-24(14-29)9-10-24)38(34,35)22-8-5-16(11-20(22)25(26,27)28)15-3-6-17(7-4-15)37(2,32)33/h3-8,11,18-19,21H,9-10,12-13H2,1-2H3,(H,30,31)/t18-,19-,21?/m1/s1. The molecule has 0 spiro atoms. The first kappa shape index (κ1) is 28.1. The molecule has 13 heteroatoms. The number of carbonyl (C=O) groups excluding carboxylic acids is 1. The van der Waals surface area contributed by atoms with E-state index in [9.17, 15) is 40.1 Å². The molecule has 0 radical (unpaired) electrons. The van der Waals surface area contributed by atoms with Gasteiger partial charge in [0.2, 0.25) is 5.91 Å². The normalized spacial score (nSPS) is 23.0. The summed E-state index contributed by atoms with van der Waals surface area (Å²) in [6, 6.07) is 10.1. The number of methoxy groups -OCH3 is 1. The van der Waals surface area contributed by atoms with Gasteiger partial charge in [-0.1, -0.05) is 18.2 Å². The molecule has 204 valence electrons. The fourth-order valence-electron chi connectivity index (χ4n) is 4.72. The number of hydrogen-bond donors (Lipinski definition) is 1. The Morgan fingerprint density at radius 1 is 1.05 bits per heavy atom. The van der Waals surface area contributed by atoms with E-state index in [-0.39, 0.29) is 28.9 Å². The van der Waals surface area contributed by atoms with Crippen LogP contribution >= 0.6 is 0 Å². The highest BCUT2D eigenvalue weighted by Crippen LogP contribution is 2.43. The number of rotatable bonds is 7. The lowest BCUT2D eigenvalue weighted by molar-refractivity contribution is -0.139. The Hall–Kier alpha value is -2.95. The molecule has 2 aromatic rings. The third-order valence-corrected chi connectivity index (χ3v) is 10.4. The topological polar surface area (TPSA) is 130 Å². The SMILES string of the molecule is COC1C[C@H](S(=O)(=O)c2ccc(-c3ccc(S(C)(=O)=O)cc3)cc2C(F)(F)F)C[C@H]1C(=O)NC1(C#N)CC1. The van der Waals surface area contributed by atoms with Crippen LogP contribution in [0, 0.1) is 17.2 Å². The van der Waals surface area contributed by atoms with Crippen molar-refractivity contribution < 1.29 is 39.5 Å². The summed E-state index contributed by atoms with van der Waals surface area (Å²) in [5.74, 6) is -1.50. The molecule has 1 unspecified atom stereocenters. The summed E-state index contributed by atoms with van der Waals surface area (Å²) in [4.78, 5) is 11.9. The molecule has 4 rings (SSSR count). The van der Waals surface area contributed by atoms with E-state index in [4.69, 9.17) is 4.74 Å². The highest BCUT2D eigenvalue weighted by atomic mass is 32.2. The maximum absolute atomic E-state index is 14.1. The summed E-state index contributed by atoms with van der Waals surface area (Å²) in [5.41, 5.74) is -2.01. The van der Waals surface area contributed by atoms with E-state index < -0.39 is 65.0 Å². The number of halogens is 3. The smallest absolute Gasteiger partial charge is 0.381 e. The third kappa shape index (κ3) is 5.43. The fraction of sp³-hybridized carbons (Fsp3) is 0.440. The minimum absolute atomic E-state index is 0.00797. The molecule has 1 N–H and O–H groups in total. The van der Waals surface area contributed by atoms with Crippen molar-refractivity contribution in [3.63, 3.8) is 0 Å². The van der Waals surface area contributed by atoms with Crippen molar-refractivity contribution in [1.82, 2.24) is 5.32 Å². The third-order valence-electron chi connectivity index (χ3n) is 7.07. The number of benzene rings is 2. The Bertz CT molecular complexity index is 1510. The number of sulfone groups is 2. The molecule has 2 aliphatic rings. The molecule has 0 aliphatic heterocycles. The van der Waals surface area contributed by atoms with Crippen molar-refractivity contribution in [2.45, 2.75) is 58.5 Å². The molecule has 0 saturated heterocycles. The van der Waals surface area contributed by atoms with Crippen molar-refractivity contribution in [2.24, 2.45) is 5.92 Å². The summed E-state index contributed by atoms with van der Waals surface area (Å²) >= 11 is 0. The number of nitrogens with one attached hydrogen (secondary N) is 1. The van der Waals surface area contributed by atoms with Gasteiger partial charge in [0.05, 0.1) is 38.7 Å². The van der Waals surface area contributed by atoms with Crippen LogP contribution in [-0.2, 0) is 35.4 Å². The van der Waals surface area contributed by atoms with E-state index in [1.54, 1.807) is 0 Å². The Morgan fingerprint density at radius 2 is 1.66 bits per heavy atom. The number of hydrogen-bond acceptors (Lipinski definition) is 7. The summed E-state index contributed by atoms with van der Waals surface area (Å²) < 4.78 is 97.9. The van der Waals surface area contributed by atoms with Crippen molar-refractivity contribution in [3.8, 4) is 17.2 Å². The van der Waals surface area contributed by atoms with Gasteiger partial charge in [-0.3, -0.25) is 4.79 Å². The van der Waals surface area contributed by atoms with Gasteiger partial charge in [-0.25, -0.2) is 16.8 Å². The molecule has 2 fully saturated rings. The molecular formula is C25H25F3N2O6S2. The lowest BCUT2D eigenvalue weighted by Crippen LogP contribution is -2.42. The zero-order chi connectivity index (χ0) is 28.1. The van der Waals surface area contributed by atoms with Gasteiger partial charge >= 0.3 is 6.18 Å². The molecular weight excluding hydrogens is 545 g/mol. The van der Waals surface area contributed by atoms with Crippen LogP contribution in [0.4, 0.5) is 13.2 Å². The quantitative estimate of drug-likeness (QED) is 0.539. The average Bonchev–Trinajstić information content (AvgIpc) is 3.48. The van der Waals surface area contributed by atoms with E-state index in [0.717, 1.165) is 18.4 Å². The number of alkyl halides is 3. The van der Waals surface area contributed by atoms with Gasteiger partial charge in [0.15, 0.2) is 19.7 Å². The van der Waals surface area contributed by atoms with Gasteiger partial charge in [-0.05, 0) is 61.1 Å². The zero-order valence-corrected chi connectivity index (χ0v) is 22.1. The van der Waals surface area contributed by atoms with E-state index in [1.807, 2.05) is 6.07 Å². The van der Waals surface area contributed by atoms with Crippen molar-refractivity contribution in [1.29, 1.82) is 5.26 Å². The van der Waals surface area contributed by atoms with Crippen LogP contribution in [0.2, 0.25) is 0 Å². The predicted molar refractivity (Wildman–Crippen MR) is 130 cm³/mol. The van der Waals surface area contributed by atoms with E-state index in [0.29, 0.717) is 12.8 Å². The molecule has 0 heterocycles. The van der Waals surface area contributed by atoms with Crippen molar-refractivity contribution in [2.75, 3.05) is 13.4 Å². The Kier molecular flexibility index (Phi) is 7.14. The molecule has 8 nitrogen and oxygen atoms in total. The maximum atomic E-state index is 14.1. The number of nitriles is 1. The Morgan fingerprint density at radius 3 is 2.16 bits per heavy atom. The Labute approximate surface area is 218 Å². The molecule has 0 aromatic heterocycles. The largest absolute Gasteiger partial charge is 0.417 e.